The highest BCUT2D eigenvalue weighted by molar-refractivity contribution is 9.10. The zero-order chi connectivity index (χ0) is 16.8. The Kier molecular flexibility index (Phi) is 4.75. The van der Waals surface area contributed by atoms with Crippen molar-refractivity contribution in [3.63, 3.8) is 0 Å². The number of fused-ring (bicyclic) bond motifs is 1. The standard InChI is InChI=1S/C15H19BrClN3O2S/c1-9(2)23(21,22)20-5-3-4-10(8-20)13-6-11-14(16)12(17)7-18-15(11)19-13/h6-7,9-10H,3-5,8H2,1-2H3,(H,18,19). The summed E-state index contributed by atoms with van der Waals surface area (Å²) in [6, 6.07) is 2.02. The number of nitrogens with zero attached hydrogens (tertiary/aromatic N) is 2. The first kappa shape index (κ1) is 17.2. The Morgan fingerprint density at radius 2 is 2.22 bits per heavy atom. The number of hydrogen-bond donors (Lipinski definition) is 1. The molecule has 1 atom stereocenters. The Morgan fingerprint density at radius 1 is 1.48 bits per heavy atom. The van der Waals surface area contributed by atoms with Gasteiger partial charge in [0.05, 0.1) is 10.3 Å². The summed E-state index contributed by atoms with van der Waals surface area (Å²) in [5.74, 6) is 0.150. The minimum atomic E-state index is -3.21. The molecule has 1 N–H and O–H groups in total. The molecule has 0 saturated carbocycles. The third-order valence-electron chi connectivity index (χ3n) is 4.35. The highest BCUT2D eigenvalue weighted by Crippen LogP contribution is 2.34. The summed E-state index contributed by atoms with van der Waals surface area (Å²) in [5.41, 5.74) is 1.78. The van der Waals surface area contributed by atoms with Gasteiger partial charge in [-0.15, -0.1) is 0 Å². The van der Waals surface area contributed by atoms with Crippen molar-refractivity contribution < 1.29 is 8.42 Å². The molecule has 0 radical (unpaired) electrons. The smallest absolute Gasteiger partial charge is 0.216 e. The van der Waals surface area contributed by atoms with Crippen molar-refractivity contribution in [3.05, 3.63) is 27.5 Å². The summed E-state index contributed by atoms with van der Waals surface area (Å²) in [7, 11) is -3.21. The molecule has 1 saturated heterocycles. The minimum Gasteiger partial charge on any atom is -0.343 e. The van der Waals surface area contributed by atoms with Crippen LogP contribution >= 0.6 is 27.5 Å². The molecule has 0 amide bonds. The molecular weight excluding hydrogens is 402 g/mol. The zero-order valence-electron chi connectivity index (χ0n) is 13.0. The van der Waals surface area contributed by atoms with Gasteiger partial charge < -0.3 is 4.98 Å². The molecule has 0 spiro atoms. The summed E-state index contributed by atoms with van der Waals surface area (Å²) >= 11 is 9.57. The van der Waals surface area contributed by atoms with Crippen LogP contribution in [0.25, 0.3) is 11.0 Å². The summed E-state index contributed by atoms with van der Waals surface area (Å²) in [6.07, 6.45) is 3.42. The van der Waals surface area contributed by atoms with Gasteiger partial charge in [-0.1, -0.05) is 11.6 Å². The fourth-order valence-electron chi connectivity index (χ4n) is 2.99. The maximum atomic E-state index is 12.4. The van der Waals surface area contributed by atoms with E-state index in [0.29, 0.717) is 18.1 Å². The fourth-order valence-corrected chi connectivity index (χ4v) is 4.91. The molecule has 3 rings (SSSR count). The zero-order valence-corrected chi connectivity index (χ0v) is 16.2. The molecule has 2 aromatic heterocycles. The molecule has 1 aliphatic rings. The predicted molar refractivity (Wildman–Crippen MR) is 96.4 cm³/mol. The van der Waals surface area contributed by atoms with E-state index in [-0.39, 0.29) is 5.92 Å². The number of piperidine rings is 1. The molecule has 126 valence electrons. The number of sulfonamides is 1. The van der Waals surface area contributed by atoms with Gasteiger partial charge in [0.25, 0.3) is 0 Å². The molecule has 2 aromatic rings. The number of halogens is 2. The van der Waals surface area contributed by atoms with Gasteiger partial charge in [-0.25, -0.2) is 17.7 Å². The number of hydrogen-bond acceptors (Lipinski definition) is 3. The quantitative estimate of drug-likeness (QED) is 0.819. The molecule has 0 aliphatic carbocycles. The van der Waals surface area contributed by atoms with Crippen LogP contribution in [0.3, 0.4) is 0 Å². The maximum absolute atomic E-state index is 12.4. The van der Waals surface area contributed by atoms with Gasteiger partial charge in [-0.05, 0) is 48.7 Å². The van der Waals surface area contributed by atoms with Crippen molar-refractivity contribution in [3.8, 4) is 0 Å². The van der Waals surface area contributed by atoms with Gasteiger partial charge >= 0.3 is 0 Å². The lowest BCUT2D eigenvalue weighted by molar-refractivity contribution is 0.311. The molecule has 1 aliphatic heterocycles. The second-order valence-corrected chi connectivity index (χ2v) is 9.89. The van der Waals surface area contributed by atoms with E-state index in [4.69, 9.17) is 11.6 Å². The molecule has 3 heterocycles. The Labute approximate surface area is 149 Å². The van der Waals surface area contributed by atoms with Crippen LogP contribution in [-0.2, 0) is 10.0 Å². The lowest BCUT2D eigenvalue weighted by Gasteiger charge is -2.32. The first-order valence-electron chi connectivity index (χ1n) is 7.62. The number of aromatic nitrogens is 2. The van der Waals surface area contributed by atoms with Crippen LogP contribution in [0, 0.1) is 0 Å². The van der Waals surface area contributed by atoms with E-state index < -0.39 is 15.3 Å². The fraction of sp³-hybridized carbons (Fsp3) is 0.533. The summed E-state index contributed by atoms with van der Waals surface area (Å²) in [6.45, 7) is 4.57. The number of H-pyrrole nitrogens is 1. The Morgan fingerprint density at radius 3 is 2.91 bits per heavy atom. The van der Waals surface area contributed by atoms with Crippen molar-refractivity contribution >= 4 is 48.6 Å². The first-order chi connectivity index (χ1) is 10.8. The molecule has 5 nitrogen and oxygen atoms in total. The second-order valence-electron chi connectivity index (χ2n) is 6.20. The first-order valence-corrected chi connectivity index (χ1v) is 10.3. The van der Waals surface area contributed by atoms with Crippen LogP contribution in [0.5, 0.6) is 0 Å². The maximum Gasteiger partial charge on any atom is 0.216 e. The van der Waals surface area contributed by atoms with Gasteiger partial charge in [0.2, 0.25) is 10.0 Å². The van der Waals surface area contributed by atoms with Crippen LogP contribution in [-0.4, -0.2) is 41.0 Å². The van der Waals surface area contributed by atoms with Crippen molar-refractivity contribution in [2.45, 2.75) is 37.9 Å². The van der Waals surface area contributed by atoms with E-state index in [1.165, 1.54) is 0 Å². The van der Waals surface area contributed by atoms with Crippen molar-refractivity contribution in [2.24, 2.45) is 0 Å². The topological polar surface area (TPSA) is 66.1 Å². The van der Waals surface area contributed by atoms with Crippen LogP contribution in [0.2, 0.25) is 5.02 Å². The monoisotopic (exact) mass is 419 g/mol. The van der Waals surface area contributed by atoms with E-state index in [1.807, 2.05) is 6.07 Å². The van der Waals surface area contributed by atoms with Gasteiger partial charge in [-0.2, -0.15) is 0 Å². The SMILES string of the molecule is CC(C)S(=O)(=O)N1CCCC(c2cc3c(Br)c(Cl)cnc3[nH]2)C1. The van der Waals surface area contributed by atoms with E-state index >= 15 is 0 Å². The molecule has 0 aromatic carbocycles. The van der Waals surface area contributed by atoms with Crippen LogP contribution < -0.4 is 0 Å². The summed E-state index contributed by atoms with van der Waals surface area (Å²) in [5, 5.41) is 1.10. The highest BCUT2D eigenvalue weighted by Gasteiger charge is 2.32. The number of pyridine rings is 1. The van der Waals surface area contributed by atoms with Crippen molar-refractivity contribution in [1.29, 1.82) is 0 Å². The Bertz CT molecular complexity index is 835. The molecular formula is C15H19BrClN3O2S. The van der Waals surface area contributed by atoms with Crippen LogP contribution in [0.4, 0.5) is 0 Å². The Balaban J connectivity index is 1.91. The molecule has 8 heteroatoms. The van der Waals surface area contributed by atoms with E-state index in [9.17, 15) is 8.42 Å². The summed E-state index contributed by atoms with van der Waals surface area (Å²) in [4.78, 5) is 7.62. The van der Waals surface area contributed by atoms with Gasteiger partial charge in [0, 0.05) is 40.8 Å². The van der Waals surface area contributed by atoms with Gasteiger partial charge in [0.15, 0.2) is 0 Å². The third kappa shape index (κ3) is 3.16. The van der Waals surface area contributed by atoms with E-state index in [0.717, 1.165) is 34.0 Å². The average molecular weight is 421 g/mol. The van der Waals surface area contributed by atoms with Crippen molar-refractivity contribution in [2.75, 3.05) is 13.1 Å². The lowest BCUT2D eigenvalue weighted by Crippen LogP contribution is -2.42. The van der Waals surface area contributed by atoms with Crippen molar-refractivity contribution in [1.82, 2.24) is 14.3 Å². The molecule has 0 bridgehead atoms. The van der Waals surface area contributed by atoms with Gasteiger partial charge in [0.1, 0.15) is 5.65 Å². The number of aromatic amines is 1. The predicted octanol–water partition coefficient (Wildman–Crippen LogP) is 3.90. The largest absolute Gasteiger partial charge is 0.343 e. The minimum absolute atomic E-state index is 0.150. The van der Waals surface area contributed by atoms with E-state index in [1.54, 1.807) is 24.3 Å². The number of nitrogens with one attached hydrogen (secondary N) is 1. The lowest BCUT2D eigenvalue weighted by atomic mass is 9.96. The summed E-state index contributed by atoms with van der Waals surface area (Å²) < 4.78 is 27.3. The number of rotatable bonds is 3. The second kappa shape index (κ2) is 6.35. The van der Waals surface area contributed by atoms with E-state index in [2.05, 4.69) is 25.9 Å². The highest BCUT2D eigenvalue weighted by atomic mass is 79.9. The van der Waals surface area contributed by atoms with Gasteiger partial charge in [-0.3, -0.25) is 0 Å². The van der Waals surface area contributed by atoms with Crippen LogP contribution in [0.1, 0.15) is 38.3 Å². The average Bonchev–Trinajstić information content (AvgIpc) is 2.96. The molecule has 1 unspecified atom stereocenters. The van der Waals surface area contributed by atoms with Crippen LogP contribution in [0.15, 0.2) is 16.7 Å². The third-order valence-corrected chi connectivity index (χ3v) is 7.96. The molecule has 23 heavy (non-hydrogen) atoms. The Hall–Kier alpha value is -0.630. The molecule has 1 fully saturated rings. The normalized spacial score (nSPS) is 20.5.